The van der Waals surface area contributed by atoms with Crippen LogP contribution >= 0.6 is 24.0 Å². The summed E-state index contributed by atoms with van der Waals surface area (Å²) in [4.78, 5) is 22.3. The Labute approximate surface area is 197 Å². The van der Waals surface area contributed by atoms with Crippen LogP contribution in [-0.4, -0.2) is 61.1 Å². The third-order valence-electron chi connectivity index (χ3n) is 5.48. The zero-order valence-corrected chi connectivity index (χ0v) is 19.8. The Morgan fingerprint density at radius 2 is 2.03 bits per heavy atom. The number of nitrogens with zero attached hydrogens (tertiary/aromatic N) is 3. The predicted octanol–water partition coefficient (Wildman–Crippen LogP) is 3.05. The Morgan fingerprint density at radius 1 is 1.29 bits per heavy atom. The number of guanidine groups is 1. The van der Waals surface area contributed by atoms with E-state index in [0.717, 1.165) is 50.9 Å². The van der Waals surface area contributed by atoms with E-state index < -0.39 is 11.7 Å². The first-order chi connectivity index (χ1) is 14.4. The van der Waals surface area contributed by atoms with Gasteiger partial charge in [-0.2, -0.15) is 13.2 Å². The normalized spacial score (nSPS) is 19.8. The van der Waals surface area contributed by atoms with E-state index in [1.807, 2.05) is 4.90 Å². The lowest BCUT2D eigenvalue weighted by Gasteiger charge is -2.21. The van der Waals surface area contributed by atoms with Gasteiger partial charge in [-0.3, -0.25) is 9.79 Å². The highest BCUT2D eigenvalue weighted by molar-refractivity contribution is 14.0. The molecule has 1 atom stereocenters. The molecule has 2 fully saturated rings. The third kappa shape index (κ3) is 7.39. The number of aliphatic imine (C=N–C) groups is 1. The van der Waals surface area contributed by atoms with Crippen LogP contribution in [0.5, 0.6) is 5.88 Å². The maximum atomic E-state index is 12.5. The van der Waals surface area contributed by atoms with Gasteiger partial charge in [0.2, 0.25) is 11.8 Å². The molecule has 0 radical (unpaired) electrons. The summed E-state index contributed by atoms with van der Waals surface area (Å²) in [6.07, 6.45) is 1.50. The summed E-state index contributed by atoms with van der Waals surface area (Å²) in [5.74, 6) is 1.19. The molecule has 1 amide bonds. The van der Waals surface area contributed by atoms with Gasteiger partial charge >= 0.3 is 6.18 Å². The van der Waals surface area contributed by atoms with Gasteiger partial charge in [0.15, 0.2) is 5.96 Å². The van der Waals surface area contributed by atoms with E-state index in [9.17, 15) is 18.0 Å². The molecule has 174 valence electrons. The Morgan fingerprint density at radius 3 is 2.65 bits per heavy atom. The van der Waals surface area contributed by atoms with E-state index in [-0.39, 0.29) is 54.3 Å². The SMILES string of the molecule is CN=C(NCCOc1ccc(C(F)(F)F)cn1)NC1CCN(C(=O)C2CCCC2)C1.I. The molecule has 1 aromatic rings. The zero-order chi connectivity index (χ0) is 21.6. The molecule has 1 unspecified atom stereocenters. The molecule has 2 aliphatic rings. The van der Waals surface area contributed by atoms with Gasteiger partial charge < -0.3 is 20.3 Å². The number of rotatable bonds is 6. The highest BCUT2D eigenvalue weighted by Crippen LogP contribution is 2.29. The maximum Gasteiger partial charge on any atom is 0.417 e. The molecule has 1 aromatic heterocycles. The van der Waals surface area contributed by atoms with Crippen molar-refractivity contribution >= 4 is 35.8 Å². The lowest BCUT2D eigenvalue weighted by molar-refractivity contribution is -0.138. The van der Waals surface area contributed by atoms with Crippen LogP contribution in [0.2, 0.25) is 0 Å². The number of hydrogen-bond donors (Lipinski definition) is 2. The number of carbonyl (C=O) groups is 1. The van der Waals surface area contributed by atoms with Crippen molar-refractivity contribution in [1.29, 1.82) is 0 Å². The molecule has 0 spiro atoms. The van der Waals surface area contributed by atoms with E-state index in [2.05, 4.69) is 20.6 Å². The maximum absolute atomic E-state index is 12.5. The van der Waals surface area contributed by atoms with Crippen LogP contribution < -0.4 is 15.4 Å². The summed E-state index contributed by atoms with van der Waals surface area (Å²) in [7, 11) is 1.66. The minimum absolute atomic E-state index is 0. The number of nitrogens with one attached hydrogen (secondary N) is 2. The topological polar surface area (TPSA) is 78.9 Å². The third-order valence-corrected chi connectivity index (χ3v) is 5.48. The molecule has 0 aromatic carbocycles. The first-order valence-corrected chi connectivity index (χ1v) is 10.3. The van der Waals surface area contributed by atoms with Gasteiger partial charge in [-0.05, 0) is 25.3 Å². The molecule has 2 heterocycles. The fourth-order valence-electron chi connectivity index (χ4n) is 3.86. The second-order valence-corrected chi connectivity index (χ2v) is 7.63. The number of halogens is 4. The van der Waals surface area contributed by atoms with Crippen LogP contribution in [0.3, 0.4) is 0 Å². The van der Waals surface area contributed by atoms with Crippen LogP contribution in [0.4, 0.5) is 13.2 Å². The second-order valence-electron chi connectivity index (χ2n) is 7.63. The quantitative estimate of drug-likeness (QED) is 0.244. The number of amides is 1. The Bertz CT molecular complexity index is 739. The monoisotopic (exact) mass is 555 g/mol. The van der Waals surface area contributed by atoms with Gasteiger partial charge in [-0.25, -0.2) is 4.98 Å². The minimum Gasteiger partial charge on any atom is -0.476 e. The van der Waals surface area contributed by atoms with E-state index in [4.69, 9.17) is 4.74 Å². The summed E-state index contributed by atoms with van der Waals surface area (Å²) >= 11 is 0. The Kier molecular flexibility index (Phi) is 9.63. The fraction of sp³-hybridized carbons (Fsp3) is 0.650. The molecule has 7 nitrogen and oxygen atoms in total. The fourth-order valence-corrected chi connectivity index (χ4v) is 3.86. The van der Waals surface area contributed by atoms with E-state index in [1.54, 1.807) is 7.05 Å². The summed E-state index contributed by atoms with van der Waals surface area (Å²) in [5.41, 5.74) is -0.811. The summed E-state index contributed by atoms with van der Waals surface area (Å²) in [6, 6.07) is 2.28. The zero-order valence-electron chi connectivity index (χ0n) is 17.5. The number of likely N-dealkylation sites (tertiary alicyclic amines) is 1. The van der Waals surface area contributed by atoms with Gasteiger partial charge in [-0.15, -0.1) is 24.0 Å². The molecule has 2 N–H and O–H groups in total. The summed E-state index contributed by atoms with van der Waals surface area (Å²) < 4.78 is 43.0. The summed E-state index contributed by atoms with van der Waals surface area (Å²) in [6.45, 7) is 2.05. The van der Waals surface area contributed by atoms with Crippen molar-refractivity contribution in [3.8, 4) is 5.88 Å². The van der Waals surface area contributed by atoms with Crippen molar-refractivity contribution in [3.63, 3.8) is 0 Å². The molecule has 11 heteroatoms. The molecule has 31 heavy (non-hydrogen) atoms. The molecule has 1 aliphatic heterocycles. The Balaban J connectivity index is 0.00000341. The van der Waals surface area contributed by atoms with Crippen LogP contribution in [-0.2, 0) is 11.0 Å². The first-order valence-electron chi connectivity index (χ1n) is 10.3. The van der Waals surface area contributed by atoms with Gasteiger partial charge in [0.25, 0.3) is 0 Å². The average Bonchev–Trinajstić information content (AvgIpc) is 3.41. The molecule has 1 aliphatic carbocycles. The van der Waals surface area contributed by atoms with Crippen molar-refractivity contribution in [2.75, 3.05) is 33.3 Å². The molecule has 0 bridgehead atoms. The minimum atomic E-state index is -4.41. The number of ether oxygens (including phenoxy) is 1. The lowest BCUT2D eigenvalue weighted by Crippen LogP contribution is -2.46. The van der Waals surface area contributed by atoms with Crippen LogP contribution in [0.25, 0.3) is 0 Å². The van der Waals surface area contributed by atoms with Crippen LogP contribution in [0.15, 0.2) is 23.3 Å². The predicted molar refractivity (Wildman–Crippen MR) is 122 cm³/mol. The average molecular weight is 555 g/mol. The summed E-state index contributed by atoms with van der Waals surface area (Å²) in [5, 5.41) is 6.42. The molecule has 1 saturated carbocycles. The van der Waals surface area contributed by atoms with Crippen molar-refractivity contribution in [1.82, 2.24) is 20.5 Å². The van der Waals surface area contributed by atoms with Gasteiger partial charge in [0.1, 0.15) is 6.61 Å². The highest BCUT2D eigenvalue weighted by atomic mass is 127. The molecular weight excluding hydrogens is 526 g/mol. The molecular formula is C20H29F3IN5O2. The van der Waals surface area contributed by atoms with Crippen molar-refractivity contribution < 1.29 is 22.7 Å². The standard InChI is InChI=1S/C20H28F3N5O2.HI/c1-24-19(25-9-11-30-17-7-6-15(12-26-17)20(21,22)23)27-16-8-10-28(13-16)18(29)14-4-2-3-5-14;/h6-7,12,14,16H,2-5,8-11,13H2,1H3,(H2,24,25,27);1H. The van der Waals surface area contributed by atoms with E-state index >= 15 is 0 Å². The van der Waals surface area contributed by atoms with Crippen molar-refractivity contribution in [2.24, 2.45) is 10.9 Å². The van der Waals surface area contributed by atoms with Crippen LogP contribution in [0, 0.1) is 5.92 Å². The van der Waals surface area contributed by atoms with E-state index in [0.29, 0.717) is 19.0 Å². The molecule has 1 saturated heterocycles. The smallest absolute Gasteiger partial charge is 0.417 e. The largest absolute Gasteiger partial charge is 0.476 e. The van der Waals surface area contributed by atoms with Gasteiger partial charge in [0.05, 0.1) is 12.1 Å². The van der Waals surface area contributed by atoms with Gasteiger partial charge in [0, 0.05) is 44.4 Å². The van der Waals surface area contributed by atoms with Crippen molar-refractivity contribution in [2.45, 2.75) is 44.3 Å². The number of alkyl halides is 3. The lowest BCUT2D eigenvalue weighted by atomic mass is 10.1. The first kappa shape index (κ1) is 25.5. The number of aromatic nitrogens is 1. The number of carbonyl (C=O) groups excluding carboxylic acids is 1. The van der Waals surface area contributed by atoms with Crippen LogP contribution in [0.1, 0.15) is 37.7 Å². The van der Waals surface area contributed by atoms with E-state index in [1.165, 1.54) is 6.07 Å². The number of pyridine rings is 1. The Hall–Kier alpha value is -1.79. The number of hydrogen-bond acceptors (Lipinski definition) is 4. The second kappa shape index (κ2) is 11.7. The van der Waals surface area contributed by atoms with Crippen molar-refractivity contribution in [3.05, 3.63) is 23.9 Å². The molecule has 3 rings (SSSR count). The highest BCUT2D eigenvalue weighted by Gasteiger charge is 2.32. The van der Waals surface area contributed by atoms with Gasteiger partial charge in [-0.1, -0.05) is 12.8 Å².